The lowest BCUT2D eigenvalue weighted by Crippen LogP contribution is -2.43. The molecule has 6 nitrogen and oxygen atoms in total. The van der Waals surface area contributed by atoms with Gasteiger partial charge in [-0.25, -0.2) is 4.98 Å². The molecule has 0 radical (unpaired) electrons. The molecule has 1 aliphatic rings. The van der Waals surface area contributed by atoms with Crippen LogP contribution in [0, 0.1) is 19.8 Å². The summed E-state index contributed by atoms with van der Waals surface area (Å²) in [6.45, 7) is 10.1. The smallest absolute Gasteiger partial charge is 0.229 e. The summed E-state index contributed by atoms with van der Waals surface area (Å²) in [7, 11) is 0. The van der Waals surface area contributed by atoms with Crippen LogP contribution in [0.3, 0.4) is 0 Å². The van der Waals surface area contributed by atoms with E-state index in [4.69, 9.17) is 11.6 Å². The zero-order valence-corrected chi connectivity index (χ0v) is 17.7. The number of aromatic nitrogens is 2. The number of carbonyl (C=O) groups is 2. The number of hydrogen-bond donors (Lipinski definition) is 1. The van der Waals surface area contributed by atoms with E-state index < -0.39 is 0 Å². The average molecular weight is 415 g/mol. The van der Waals surface area contributed by atoms with Crippen molar-refractivity contribution in [1.82, 2.24) is 14.5 Å². The predicted octanol–water partition coefficient (Wildman–Crippen LogP) is 3.87. The Morgan fingerprint density at radius 1 is 1.38 bits per heavy atom. The van der Waals surface area contributed by atoms with Crippen molar-refractivity contribution in [2.24, 2.45) is 5.92 Å². The SMILES string of the molecule is C=CCn1c(C)cc(C(=O)CN2CCCC(C(=O)Nc3ccc(Cl)cn3)C2)c1C. The van der Waals surface area contributed by atoms with Crippen molar-refractivity contribution in [2.75, 3.05) is 25.0 Å². The number of nitrogens with one attached hydrogen (secondary N) is 1. The lowest BCUT2D eigenvalue weighted by atomic mass is 9.96. The Balaban J connectivity index is 1.61. The number of likely N-dealkylation sites (tertiary alicyclic amines) is 1. The normalized spacial score (nSPS) is 17.1. The van der Waals surface area contributed by atoms with Crippen LogP contribution in [0.25, 0.3) is 0 Å². The van der Waals surface area contributed by atoms with Gasteiger partial charge in [0.1, 0.15) is 5.82 Å². The fourth-order valence-corrected chi connectivity index (χ4v) is 3.98. The minimum Gasteiger partial charge on any atom is -0.345 e. The number of halogens is 1. The van der Waals surface area contributed by atoms with Crippen LogP contribution in [0.2, 0.25) is 5.02 Å². The van der Waals surface area contributed by atoms with E-state index in [1.807, 2.05) is 26.0 Å². The maximum Gasteiger partial charge on any atom is 0.229 e. The quantitative estimate of drug-likeness (QED) is 0.551. The number of piperidine rings is 1. The predicted molar refractivity (Wildman–Crippen MR) is 115 cm³/mol. The topological polar surface area (TPSA) is 67.2 Å². The molecular formula is C22H27ClN4O2. The van der Waals surface area contributed by atoms with Crippen LogP contribution < -0.4 is 5.32 Å². The number of allylic oxidation sites excluding steroid dienone is 1. The zero-order chi connectivity index (χ0) is 21.0. The molecule has 3 rings (SSSR count). The summed E-state index contributed by atoms with van der Waals surface area (Å²) >= 11 is 5.83. The van der Waals surface area contributed by atoms with E-state index in [9.17, 15) is 9.59 Å². The van der Waals surface area contributed by atoms with Crippen molar-refractivity contribution >= 4 is 29.1 Å². The maximum atomic E-state index is 12.9. The molecule has 7 heteroatoms. The molecule has 1 fully saturated rings. The third kappa shape index (κ3) is 5.14. The van der Waals surface area contributed by atoms with Gasteiger partial charge in [-0.15, -0.1) is 6.58 Å². The van der Waals surface area contributed by atoms with Gasteiger partial charge in [0.25, 0.3) is 0 Å². The molecule has 1 unspecified atom stereocenters. The minimum absolute atomic E-state index is 0.0684. The van der Waals surface area contributed by atoms with Gasteiger partial charge in [0.05, 0.1) is 17.5 Å². The van der Waals surface area contributed by atoms with E-state index in [1.54, 1.807) is 12.1 Å². The number of hydrogen-bond acceptors (Lipinski definition) is 4. The third-order valence-corrected chi connectivity index (χ3v) is 5.63. The second-order valence-corrected chi connectivity index (χ2v) is 7.97. The Morgan fingerprint density at radius 3 is 2.86 bits per heavy atom. The number of pyridine rings is 1. The fraction of sp³-hybridized carbons (Fsp3) is 0.409. The van der Waals surface area contributed by atoms with Gasteiger partial charge in [-0.05, 0) is 51.4 Å². The molecule has 3 heterocycles. The first-order chi connectivity index (χ1) is 13.9. The molecule has 1 amide bonds. The molecule has 0 aliphatic carbocycles. The van der Waals surface area contributed by atoms with E-state index in [1.165, 1.54) is 6.20 Å². The van der Waals surface area contributed by atoms with Crippen molar-refractivity contribution in [3.8, 4) is 0 Å². The first-order valence-corrected chi connectivity index (χ1v) is 10.2. The van der Waals surface area contributed by atoms with Gasteiger partial charge in [0.15, 0.2) is 5.78 Å². The average Bonchev–Trinajstić information content (AvgIpc) is 2.98. The lowest BCUT2D eigenvalue weighted by molar-refractivity contribution is -0.121. The lowest BCUT2D eigenvalue weighted by Gasteiger charge is -2.31. The van der Waals surface area contributed by atoms with Crippen LogP contribution >= 0.6 is 11.6 Å². The van der Waals surface area contributed by atoms with Gasteiger partial charge in [0, 0.05) is 36.2 Å². The van der Waals surface area contributed by atoms with Crippen LogP contribution in [0.1, 0.15) is 34.6 Å². The van der Waals surface area contributed by atoms with Crippen molar-refractivity contribution in [3.05, 3.63) is 59.0 Å². The highest BCUT2D eigenvalue weighted by Crippen LogP contribution is 2.21. The Hall–Kier alpha value is -2.44. The van der Waals surface area contributed by atoms with Crippen molar-refractivity contribution < 1.29 is 9.59 Å². The molecule has 1 aliphatic heterocycles. The molecular weight excluding hydrogens is 388 g/mol. The maximum absolute atomic E-state index is 12.9. The molecule has 1 saturated heterocycles. The molecule has 2 aromatic rings. The highest BCUT2D eigenvalue weighted by atomic mass is 35.5. The molecule has 1 atom stereocenters. The summed E-state index contributed by atoms with van der Waals surface area (Å²) < 4.78 is 2.09. The summed E-state index contributed by atoms with van der Waals surface area (Å²) in [5.74, 6) is 0.347. The van der Waals surface area contributed by atoms with Crippen LogP contribution in [0.5, 0.6) is 0 Å². The molecule has 1 N–H and O–H groups in total. The monoisotopic (exact) mass is 414 g/mol. The molecule has 2 aromatic heterocycles. The largest absolute Gasteiger partial charge is 0.345 e. The Kier molecular flexibility index (Phi) is 6.87. The van der Waals surface area contributed by atoms with E-state index >= 15 is 0 Å². The van der Waals surface area contributed by atoms with Gasteiger partial charge in [-0.3, -0.25) is 14.5 Å². The fourth-order valence-electron chi connectivity index (χ4n) is 3.87. The first kappa shape index (κ1) is 21.3. The summed E-state index contributed by atoms with van der Waals surface area (Å²) in [6.07, 6.45) is 5.02. The van der Waals surface area contributed by atoms with Crippen LogP contribution in [-0.2, 0) is 11.3 Å². The molecule has 0 bridgehead atoms. The summed E-state index contributed by atoms with van der Waals surface area (Å²) in [5, 5.41) is 3.37. The van der Waals surface area contributed by atoms with Crippen LogP contribution in [-0.4, -0.2) is 45.8 Å². The van der Waals surface area contributed by atoms with E-state index in [-0.39, 0.29) is 17.6 Å². The number of rotatable bonds is 7. The van der Waals surface area contributed by atoms with E-state index in [0.717, 1.165) is 36.3 Å². The van der Waals surface area contributed by atoms with Crippen molar-refractivity contribution in [2.45, 2.75) is 33.2 Å². The molecule has 0 aromatic carbocycles. The molecule has 29 heavy (non-hydrogen) atoms. The van der Waals surface area contributed by atoms with Gasteiger partial charge < -0.3 is 9.88 Å². The number of amides is 1. The third-order valence-electron chi connectivity index (χ3n) is 5.41. The Morgan fingerprint density at radius 2 is 2.17 bits per heavy atom. The van der Waals surface area contributed by atoms with Gasteiger partial charge in [0.2, 0.25) is 5.91 Å². The highest BCUT2D eigenvalue weighted by Gasteiger charge is 2.28. The Labute approximate surface area is 176 Å². The van der Waals surface area contributed by atoms with E-state index in [0.29, 0.717) is 30.5 Å². The summed E-state index contributed by atoms with van der Waals surface area (Å²) in [5.41, 5.74) is 2.77. The Bertz CT molecular complexity index is 904. The number of Topliss-reactive ketones (excluding diaryl/α,β-unsaturated/α-hetero) is 1. The van der Waals surface area contributed by atoms with Crippen molar-refractivity contribution in [1.29, 1.82) is 0 Å². The number of ketones is 1. The van der Waals surface area contributed by atoms with Crippen LogP contribution in [0.15, 0.2) is 37.1 Å². The van der Waals surface area contributed by atoms with Gasteiger partial charge in [-0.2, -0.15) is 0 Å². The molecule has 0 spiro atoms. The minimum atomic E-state index is -0.165. The second-order valence-electron chi connectivity index (χ2n) is 7.53. The van der Waals surface area contributed by atoms with Gasteiger partial charge in [-0.1, -0.05) is 17.7 Å². The van der Waals surface area contributed by atoms with Crippen LogP contribution in [0.4, 0.5) is 5.82 Å². The number of nitrogens with zero attached hydrogens (tertiary/aromatic N) is 3. The second kappa shape index (κ2) is 9.37. The molecule has 154 valence electrons. The number of carbonyl (C=O) groups excluding carboxylic acids is 2. The van der Waals surface area contributed by atoms with Crippen molar-refractivity contribution in [3.63, 3.8) is 0 Å². The summed E-state index contributed by atoms with van der Waals surface area (Å²) in [6, 6.07) is 5.32. The first-order valence-electron chi connectivity index (χ1n) is 9.84. The molecule has 0 saturated carbocycles. The number of anilines is 1. The zero-order valence-electron chi connectivity index (χ0n) is 16.9. The standard InChI is InChI=1S/C22H27ClN4O2/c1-4-9-27-15(2)11-19(16(27)3)20(28)14-26-10-5-6-17(13-26)22(29)25-21-8-7-18(23)12-24-21/h4,7-8,11-12,17H,1,5-6,9-10,13-14H2,2-3H3,(H,24,25,29). The van der Waals surface area contributed by atoms with E-state index in [2.05, 4.69) is 26.3 Å². The van der Waals surface area contributed by atoms with Gasteiger partial charge >= 0.3 is 0 Å². The number of aryl methyl sites for hydroxylation is 1. The highest BCUT2D eigenvalue weighted by molar-refractivity contribution is 6.30. The summed E-state index contributed by atoms with van der Waals surface area (Å²) in [4.78, 5) is 31.7.